The van der Waals surface area contributed by atoms with Crippen LogP contribution < -0.4 is 11.1 Å². The summed E-state index contributed by atoms with van der Waals surface area (Å²) in [5.41, 5.74) is 6.61. The molecule has 17 heavy (non-hydrogen) atoms. The standard InChI is InChI=1S/C12H18N2O3/c1-17-6-5-11(8-15)14-12(16)9-3-2-4-10(13)7-9/h2-4,7,11,15H,5-6,8,13H2,1H3,(H,14,16). The molecule has 94 valence electrons. The Hall–Kier alpha value is -1.59. The molecule has 4 N–H and O–H groups in total. The third-order valence-electron chi connectivity index (χ3n) is 2.37. The van der Waals surface area contributed by atoms with E-state index in [1.165, 1.54) is 0 Å². The van der Waals surface area contributed by atoms with Crippen molar-refractivity contribution in [1.29, 1.82) is 0 Å². The van der Waals surface area contributed by atoms with E-state index in [1.54, 1.807) is 31.4 Å². The van der Waals surface area contributed by atoms with E-state index in [4.69, 9.17) is 15.6 Å². The Kier molecular flexibility index (Phi) is 5.45. The van der Waals surface area contributed by atoms with E-state index >= 15 is 0 Å². The van der Waals surface area contributed by atoms with Crippen LogP contribution in [0.25, 0.3) is 0 Å². The number of hydrogen-bond acceptors (Lipinski definition) is 4. The second kappa shape index (κ2) is 6.88. The molecule has 1 aromatic rings. The normalized spacial score (nSPS) is 12.1. The fraction of sp³-hybridized carbons (Fsp3) is 0.417. The van der Waals surface area contributed by atoms with Crippen LogP contribution in [0.1, 0.15) is 16.8 Å². The van der Waals surface area contributed by atoms with E-state index in [9.17, 15) is 4.79 Å². The van der Waals surface area contributed by atoms with Gasteiger partial charge in [-0.15, -0.1) is 0 Å². The Morgan fingerprint density at radius 2 is 2.35 bits per heavy atom. The number of nitrogen functional groups attached to an aromatic ring is 1. The fourth-order valence-corrected chi connectivity index (χ4v) is 1.42. The van der Waals surface area contributed by atoms with Crippen LogP contribution in [0.3, 0.4) is 0 Å². The number of nitrogens with two attached hydrogens (primary N) is 1. The topological polar surface area (TPSA) is 84.6 Å². The first-order chi connectivity index (χ1) is 8.17. The molecule has 0 aromatic heterocycles. The maximum absolute atomic E-state index is 11.8. The zero-order valence-electron chi connectivity index (χ0n) is 9.85. The molecule has 1 unspecified atom stereocenters. The summed E-state index contributed by atoms with van der Waals surface area (Å²) in [7, 11) is 1.58. The number of carbonyl (C=O) groups excluding carboxylic acids is 1. The molecule has 5 nitrogen and oxygen atoms in total. The Bertz CT molecular complexity index is 369. The third-order valence-corrected chi connectivity index (χ3v) is 2.37. The molecule has 0 saturated carbocycles. The molecule has 0 radical (unpaired) electrons. The zero-order valence-corrected chi connectivity index (χ0v) is 9.85. The molecular formula is C12H18N2O3. The first-order valence-electron chi connectivity index (χ1n) is 5.43. The molecule has 0 bridgehead atoms. The van der Waals surface area contributed by atoms with Crippen molar-refractivity contribution in [3.8, 4) is 0 Å². The van der Waals surface area contributed by atoms with Gasteiger partial charge in [-0.1, -0.05) is 6.07 Å². The van der Waals surface area contributed by atoms with E-state index in [-0.39, 0.29) is 18.6 Å². The predicted molar refractivity (Wildman–Crippen MR) is 65.7 cm³/mol. The lowest BCUT2D eigenvalue weighted by molar-refractivity contribution is 0.0895. The average Bonchev–Trinajstić information content (AvgIpc) is 2.34. The van der Waals surface area contributed by atoms with Gasteiger partial charge < -0.3 is 20.9 Å². The third kappa shape index (κ3) is 4.42. The molecule has 0 heterocycles. The zero-order chi connectivity index (χ0) is 12.7. The van der Waals surface area contributed by atoms with Gasteiger partial charge in [-0.25, -0.2) is 0 Å². The molecule has 1 aromatic carbocycles. The predicted octanol–water partition coefficient (Wildman–Crippen LogP) is 0.396. The van der Waals surface area contributed by atoms with Gasteiger partial charge in [-0.2, -0.15) is 0 Å². The second-order valence-corrected chi connectivity index (χ2v) is 3.76. The van der Waals surface area contributed by atoms with Crippen molar-refractivity contribution in [2.75, 3.05) is 26.1 Å². The number of aliphatic hydroxyl groups is 1. The molecule has 0 aliphatic rings. The molecule has 0 aliphatic carbocycles. The minimum absolute atomic E-state index is 0.114. The summed E-state index contributed by atoms with van der Waals surface area (Å²) >= 11 is 0. The van der Waals surface area contributed by atoms with Crippen molar-refractivity contribution in [1.82, 2.24) is 5.32 Å². The van der Waals surface area contributed by atoms with Gasteiger partial charge in [0, 0.05) is 25.0 Å². The Morgan fingerprint density at radius 1 is 1.59 bits per heavy atom. The summed E-state index contributed by atoms with van der Waals surface area (Å²) < 4.78 is 4.90. The van der Waals surface area contributed by atoms with Gasteiger partial charge in [0.05, 0.1) is 12.6 Å². The summed E-state index contributed by atoms with van der Waals surface area (Å²) in [6.45, 7) is 0.375. The van der Waals surface area contributed by atoms with Crippen molar-refractivity contribution in [2.45, 2.75) is 12.5 Å². The maximum Gasteiger partial charge on any atom is 0.251 e. The number of anilines is 1. The first-order valence-corrected chi connectivity index (χ1v) is 5.43. The maximum atomic E-state index is 11.8. The van der Waals surface area contributed by atoms with Crippen LogP contribution in [-0.2, 0) is 4.74 Å². The van der Waals surface area contributed by atoms with Crippen molar-refractivity contribution in [2.24, 2.45) is 0 Å². The smallest absolute Gasteiger partial charge is 0.251 e. The highest BCUT2D eigenvalue weighted by molar-refractivity contribution is 5.95. The molecule has 0 saturated heterocycles. The molecule has 5 heteroatoms. The summed E-state index contributed by atoms with van der Waals surface area (Å²) in [5.74, 6) is -0.243. The van der Waals surface area contributed by atoms with Crippen LogP contribution in [0.15, 0.2) is 24.3 Å². The Balaban J connectivity index is 2.58. The summed E-state index contributed by atoms with van der Waals surface area (Å²) in [6.07, 6.45) is 0.570. The van der Waals surface area contributed by atoms with Crippen LogP contribution >= 0.6 is 0 Å². The summed E-state index contributed by atoms with van der Waals surface area (Å²) in [5, 5.41) is 11.8. The van der Waals surface area contributed by atoms with Gasteiger partial charge in [0.2, 0.25) is 0 Å². The van der Waals surface area contributed by atoms with Crippen molar-refractivity contribution >= 4 is 11.6 Å². The molecule has 1 amide bonds. The monoisotopic (exact) mass is 238 g/mol. The van der Waals surface area contributed by atoms with E-state index in [2.05, 4.69) is 5.32 Å². The van der Waals surface area contributed by atoms with Crippen LogP contribution in [0.5, 0.6) is 0 Å². The number of amides is 1. The number of ether oxygens (including phenoxy) is 1. The van der Waals surface area contributed by atoms with Gasteiger partial charge in [0.1, 0.15) is 0 Å². The molecular weight excluding hydrogens is 220 g/mol. The van der Waals surface area contributed by atoms with Crippen molar-refractivity contribution in [3.63, 3.8) is 0 Å². The van der Waals surface area contributed by atoms with Gasteiger partial charge in [0.25, 0.3) is 5.91 Å². The average molecular weight is 238 g/mol. The van der Waals surface area contributed by atoms with Crippen LogP contribution in [0.4, 0.5) is 5.69 Å². The Morgan fingerprint density at radius 3 is 2.94 bits per heavy atom. The minimum atomic E-state index is -0.302. The van der Waals surface area contributed by atoms with Crippen LogP contribution in [0, 0.1) is 0 Å². The van der Waals surface area contributed by atoms with Crippen LogP contribution in [-0.4, -0.2) is 37.4 Å². The summed E-state index contributed by atoms with van der Waals surface area (Å²) in [6, 6.07) is 6.40. The first kappa shape index (κ1) is 13.5. The lowest BCUT2D eigenvalue weighted by Gasteiger charge is -2.15. The number of aliphatic hydroxyl groups excluding tert-OH is 1. The van der Waals surface area contributed by atoms with Gasteiger partial charge in [-0.05, 0) is 24.6 Å². The van der Waals surface area contributed by atoms with Crippen molar-refractivity contribution < 1.29 is 14.6 Å². The number of rotatable bonds is 6. The Labute approximate surface area is 101 Å². The number of carbonyl (C=O) groups is 1. The van der Waals surface area contributed by atoms with E-state index in [0.717, 1.165) is 0 Å². The van der Waals surface area contributed by atoms with Crippen LogP contribution in [0.2, 0.25) is 0 Å². The number of nitrogens with one attached hydrogen (secondary N) is 1. The molecule has 1 atom stereocenters. The highest BCUT2D eigenvalue weighted by atomic mass is 16.5. The molecule has 0 spiro atoms. The fourth-order valence-electron chi connectivity index (χ4n) is 1.42. The molecule has 0 fully saturated rings. The van der Waals surface area contributed by atoms with E-state index in [0.29, 0.717) is 24.3 Å². The SMILES string of the molecule is COCCC(CO)NC(=O)c1cccc(N)c1. The van der Waals surface area contributed by atoms with Crippen molar-refractivity contribution in [3.05, 3.63) is 29.8 Å². The number of benzene rings is 1. The van der Waals surface area contributed by atoms with Gasteiger partial charge in [-0.3, -0.25) is 4.79 Å². The molecule has 0 aliphatic heterocycles. The molecule has 1 rings (SSSR count). The largest absolute Gasteiger partial charge is 0.399 e. The van der Waals surface area contributed by atoms with E-state index in [1.807, 2.05) is 0 Å². The quantitative estimate of drug-likeness (QED) is 0.626. The lowest BCUT2D eigenvalue weighted by atomic mass is 10.1. The highest BCUT2D eigenvalue weighted by Crippen LogP contribution is 2.06. The van der Waals surface area contributed by atoms with Gasteiger partial charge >= 0.3 is 0 Å². The highest BCUT2D eigenvalue weighted by Gasteiger charge is 2.12. The summed E-state index contributed by atoms with van der Waals surface area (Å²) in [4.78, 5) is 11.8. The number of hydrogen-bond donors (Lipinski definition) is 3. The number of methoxy groups -OCH3 is 1. The van der Waals surface area contributed by atoms with E-state index < -0.39 is 0 Å². The lowest BCUT2D eigenvalue weighted by Crippen LogP contribution is -2.38. The second-order valence-electron chi connectivity index (χ2n) is 3.76. The van der Waals surface area contributed by atoms with Gasteiger partial charge in [0.15, 0.2) is 0 Å². The minimum Gasteiger partial charge on any atom is -0.399 e.